The summed E-state index contributed by atoms with van der Waals surface area (Å²) in [5, 5.41) is 13.6. The van der Waals surface area contributed by atoms with E-state index in [-0.39, 0.29) is 37.1 Å². The van der Waals surface area contributed by atoms with Gasteiger partial charge in [0.2, 0.25) is 0 Å². The third-order valence-corrected chi connectivity index (χ3v) is 0. The topological polar surface area (TPSA) is 173 Å². The Balaban J connectivity index is -0.0000000221. The van der Waals surface area contributed by atoms with E-state index in [0.717, 1.165) is 0 Å². The maximum atomic E-state index is 8.74. The normalized spacial score (nSPS) is 7.45. The van der Waals surface area contributed by atoms with Crippen LogP contribution in [0.5, 0.6) is 0 Å². The molecule has 0 aliphatic heterocycles. The zero-order valence-corrected chi connectivity index (χ0v) is 8.35. The van der Waals surface area contributed by atoms with E-state index < -0.39 is 15.5 Å². The van der Waals surface area contributed by atoms with Crippen LogP contribution < -0.4 is 35.7 Å². The van der Waals surface area contributed by atoms with Crippen LogP contribution in [0, 0.1) is 10.1 Å². The molecule has 0 saturated heterocycles. The molecule has 0 amide bonds. The van der Waals surface area contributed by atoms with E-state index in [1.807, 2.05) is 0 Å². The number of hydrogen-bond acceptors (Lipinski definition) is 5. The smallest absolute Gasteiger partial charge is 1.00 e. The Bertz CT molecular complexity index is 164. The fourth-order valence-corrected chi connectivity index (χ4v) is 0. The van der Waals surface area contributed by atoms with Gasteiger partial charge in [0.15, 0.2) is 0 Å². The van der Waals surface area contributed by atoms with E-state index in [9.17, 15) is 0 Å². The number of rotatable bonds is 0. The van der Waals surface area contributed by atoms with Gasteiger partial charge in [-0.2, -0.15) is 8.42 Å². The molecule has 0 heterocycles. The Morgan fingerprint density at radius 2 is 1.36 bits per heavy atom. The molecular weight excluding hydrogens is 195 g/mol. The van der Waals surface area contributed by atoms with Gasteiger partial charge in [0, 0.05) is 0 Å². The van der Waals surface area contributed by atoms with Crippen LogP contribution in [0.3, 0.4) is 0 Å². The molecule has 0 aromatic heterocycles. The van der Waals surface area contributed by atoms with Crippen molar-refractivity contribution in [1.82, 2.24) is 6.15 Å². The van der Waals surface area contributed by atoms with Crippen molar-refractivity contribution in [3.8, 4) is 0 Å². The molecule has 66 valence electrons. The summed E-state index contributed by atoms with van der Waals surface area (Å²) in [5.41, 5.74) is 0. The molecule has 0 saturated carbocycles. The Morgan fingerprint density at radius 1 is 1.36 bits per heavy atom. The summed E-state index contributed by atoms with van der Waals surface area (Å²) in [5.74, 6) is 0. The summed E-state index contributed by atoms with van der Waals surface area (Å²) in [4.78, 5) is 8.36. The zero-order valence-electron chi connectivity index (χ0n) is 6.54. The van der Waals surface area contributed by atoms with Gasteiger partial charge in [0.05, 0.1) is 0 Å². The van der Waals surface area contributed by atoms with Crippen molar-refractivity contribution >= 4 is 10.4 Å². The van der Waals surface area contributed by atoms with Gasteiger partial charge >= 0.3 is 40.0 Å². The monoisotopic (exact) mass is 202 g/mol. The van der Waals surface area contributed by atoms with E-state index in [1.54, 1.807) is 0 Å². The van der Waals surface area contributed by atoms with E-state index in [4.69, 9.17) is 32.8 Å². The average molecular weight is 202 g/mol. The number of hydrogen-bond donors (Lipinski definition) is 4. The van der Waals surface area contributed by atoms with E-state index in [1.165, 1.54) is 0 Å². The van der Waals surface area contributed by atoms with Crippen molar-refractivity contribution in [2.75, 3.05) is 0 Å². The molecule has 11 heavy (non-hydrogen) atoms. The maximum absolute atomic E-state index is 8.74. The molecule has 0 spiro atoms. The third kappa shape index (κ3) is 719000. The Hall–Kier alpha value is 0.0300. The molecule has 0 aromatic rings. The van der Waals surface area contributed by atoms with Crippen LogP contribution in [0.2, 0.25) is 0 Å². The van der Waals surface area contributed by atoms with Gasteiger partial charge in [-0.15, -0.1) is 10.1 Å². The minimum Gasteiger partial charge on any atom is -1.00 e. The van der Waals surface area contributed by atoms with E-state index in [0.29, 0.717) is 0 Å². The zero-order chi connectivity index (χ0) is 8.08. The standard InChI is InChI=1S/HNO3.H3N.Na.H2O4S.H/c2-1(3)4;;;1-5(2,3)4;/h(H,2,3,4);1H3;;(H2,1,2,3,4);/q;;+1;;-1. The fraction of sp³-hybridized carbons (Fsp3) is 0. The summed E-state index contributed by atoms with van der Waals surface area (Å²) in [6, 6.07) is 0. The largest absolute Gasteiger partial charge is 1.00 e. The molecule has 6 N–H and O–H groups in total. The van der Waals surface area contributed by atoms with E-state index in [2.05, 4.69) is 0 Å². The van der Waals surface area contributed by atoms with Crippen LogP contribution in [0.15, 0.2) is 0 Å². The molecule has 0 bridgehead atoms. The second-order valence-corrected chi connectivity index (χ2v) is 1.58. The van der Waals surface area contributed by atoms with Crippen molar-refractivity contribution in [3.63, 3.8) is 0 Å². The van der Waals surface area contributed by atoms with Crippen molar-refractivity contribution in [1.29, 1.82) is 0 Å². The first-order valence-electron chi connectivity index (χ1n) is 1.26. The molecule has 0 aromatic carbocycles. The minimum atomic E-state index is -4.67. The first kappa shape index (κ1) is 22.5. The van der Waals surface area contributed by atoms with Crippen LogP contribution in [0.25, 0.3) is 0 Å². The molecule has 0 fully saturated rings. The molecule has 0 aliphatic carbocycles. The van der Waals surface area contributed by atoms with Gasteiger partial charge in [-0.25, -0.2) is 0 Å². The van der Waals surface area contributed by atoms with Gasteiger partial charge in [0.1, 0.15) is 0 Å². The molecule has 0 aliphatic rings. The molecule has 11 heteroatoms. The van der Waals surface area contributed by atoms with Gasteiger partial charge in [-0.1, -0.05) is 0 Å². The second kappa shape index (κ2) is 10.0. The molecule has 0 atom stereocenters. The van der Waals surface area contributed by atoms with Crippen LogP contribution >= 0.6 is 0 Å². The minimum absolute atomic E-state index is 0. The molecule has 0 unspecified atom stereocenters. The third-order valence-electron chi connectivity index (χ3n) is 0. The van der Waals surface area contributed by atoms with Gasteiger partial charge in [-0.3, -0.25) is 9.11 Å². The second-order valence-electron chi connectivity index (χ2n) is 0.686. The van der Waals surface area contributed by atoms with Crippen molar-refractivity contribution in [3.05, 3.63) is 10.1 Å². The van der Waals surface area contributed by atoms with E-state index >= 15 is 0 Å². The van der Waals surface area contributed by atoms with Crippen LogP contribution in [0.1, 0.15) is 1.43 Å². The molecule has 0 rings (SSSR count). The summed E-state index contributed by atoms with van der Waals surface area (Å²) >= 11 is 0. The summed E-state index contributed by atoms with van der Waals surface area (Å²) in [6.45, 7) is 0. The average Bonchev–Trinajstić information content (AvgIpc) is 1.19. The Morgan fingerprint density at radius 3 is 1.36 bits per heavy atom. The quantitative estimate of drug-likeness (QED) is 0.134. The van der Waals surface area contributed by atoms with Crippen LogP contribution in [0.4, 0.5) is 0 Å². The summed E-state index contributed by atoms with van der Waals surface area (Å²) < 4.78 is 31.6. The fourth-order valence-electron chi connectivity index (χ4n) is 0. The van der Waals surface area contributed by atoms with Crippen molar-refractivity contribution in [2.45, 2.75) is 0 Å². The summed E-state index contributed by atoms with van der Waals surface area (Å²) in [7, 11) is -4.67. The van der Waals surface area contributed by atoms with Gasteiger partial charge in [0.25, 0.3) is 5.09 Å². The van der Waals surface area contributed by atoms with Gasteiger partial charge < -0.3 is 12.8 Å². The van der Waals surface area contributed by atoms with Crippen molar-refractivity contribution < 1.29 is 58.8 Å². The predicted octanol–water partition coefficient (Wildman–Crippen LogP) is -3.72. The van der Waals surface area contributed by atoms with Crippen LogP contribution in [-0.2, 0) is 10.4 Å². The van der Waals surface area contributed by atoms with Crippen LogP contribution in [-0.4, -0.2) is 27.8 Å². The predicted molar refractivity (Wildman–Crippen MR) is 29.1 cm³/mol. The molecular formula is H7N2NaO7S. The molecule has 9 nitrogen and oxygen atoms in total. The Kier molecular flexibility index (Phi) is 20.5. The summed E-state index contributed by atoms with van der Waals surface area (Å²) in [6.07, 6.45) is 0. The first-order chi connectivity index (χ1) is 3.73. The van der Waals surface area contributed by atoms with Crippen molar-refractivity contribution in [2.24, 2.45) is 0 Å². The molecule has 0 radical (unpaired) electrons. The maximum Gasteiger partial charge on any atom is 1.00 e. The number of nitrogens with zero attached hydrogens (tertiary/aromatic N) is 1. The SMILES string of the molecule is N.O=S(=O)(O)O.O=[N+]([O-])O.[H-].[Na+]. The Labute approximate surface area is 85.4 Å². The first-order valence-corrected chi connectivity index (χ1v) is 2.66. The van der Waals surface area contributed by atoms with Gasteiger partial charge in [-0.05, 0) is 0 Å².